The van der Waals surface area contributed by atoms with E-state index in [4.69, 9.17) is 17.3 Å². The van der Waals surface area contributed by atoms with E-state index in [0.717, 1.165) is 0 Å². The topological polar surface area (TPSA) is 68.0 Å². The number of carbonyl (C=O) groups is 1. The molecule has 0 unspecified atom stereocenters. The molecule has 0 spiro atoms. The largest absolute Gasteiger partial charge is 0.348 e. The summed E-state index contributed by atoms with van der Waals surface area (Å²) in [6.45, 7) is 2.22. The predicted octanol–water partition coefficient (Wildman–Crippen LogP) is 0.812. The third kappa shape index (κ3) is 2.68. The van der Waals surface area contributed by atoms with Gasteiger partial charge in [-0.15, -0.1) is 0 Å². The molecule has 0 radical (unpaired) electrons. The molecule has 1 amide bonds. The van der Waals surface area contributed by atoms with Gasteiger partial charge in [-0.05, 0) is 13.0 Å². The molecule has 0 saturated heterocycles. The van der Waals surface area contributed by atoms with Gasteiger partial charge in [0.2, 0.25) is 0 Å². The van der Waals surface area contributed by atoms with Crippen molar-refractivity contribution in [2.24, 2.45) is 5.73 Å². The molecular formula is C9H12ClN3O. The zero-order valence-electron chi connectivity index (χ0n) is 7.83. The Hall–Kier alpha value is -1.13. The highest BCUT2D eigenvalue weighted by Gasteiger charge is 2.11. The second-order valence-electron chi connectivity index (χ2n) is 2.97. The van der Waals surface area contributed by atoms with Gasteiger partial charge in [0.15, 0.2) is 0 Å². The second kappa shape index (κ2) is 4.93. The second-order valence-corrected chi connectivity index (χ2v) is 3.37. The number of carbonyl (C=O) groups excluding carboxylic acids is 1. The Morgan fingerprint density at radius 2 is 2.50 bits per heavy atom. The van der Waals surface area contributed by atoms with E-state index in [2.05, 4.69) is 10.3 Å². The lowest BCUT2D eigenvalue weighted by atomic mass is 10.2. The van der Waals surface area contributed by atoms with E-state index in [1.54, 1.807) is 6.07 Å². The number of amides is 1. The maximum atomic E-state index is 11.6. The summed E-state index contributed by atoms with van der Waals surface area (Å²) in [4.78, 5) is 15.3. The molecule has 4 nitrogen and oxygen atoms in total. The summed E-state index contributed by atoms with van der Waals surface area (Å²) in [6, 6.07) is 1.51. The molecule has 1 atom stereocenters. The van der Waals surface area contributed by atoms with Crippen molar-refractivity contribution in [2.45, 2.75) is 13.0 Å². The number of halogens is 1. The van der Waals surface area contributed by atoms with E-state index < -0.39 is 0 Å². The molecule has 0 aliphatic heterocycles. The van der Waals surface area contributed by atoms with E-state index in [0.29, 0.717) is 17.1 Å². The summed E-state index contributed by atoms with van der Waals surface area (Å²) in [5, 5.41) is 3.05. The van der Waals surface area contributed by atoms with Gasteiger partial charge in [-0.3, -0.25) is 9.78 Å². The summed E-state index contributed by atoms with van der Waals surface area (Å²) in [7, 11) is 0. The van der Waals surface area contributed by atoms with E-state index in [1.807, 2.05) is 6.92 Å². The zero-order chi connectivity index (χ0) is 10.6. The number of nitrogens with zero attached hydrogens (tertiary/aromatic N) is 1. The van der Waals surface area contributed by atoms with Gasteiger partial charge in [0.1, 0.15) is 0 Å². The van der Waals surface area contributed by atoms with Crippen LogP contribution in [0.2, 0.25) is 5.02 Å². The summed E-state index contributed by atoms with van der Waals surface area (Å²) in [5.74, 6) is -0.227. The fourth-order valence-corrected chi connectivity index (χ4v) is 1.12. The highest BCUT2D eigenvalue weighted by atomic mass is 35.5. The quantitative estimate of drug-likeness (QED) is 0.781. The minimum absolute atomic E-state index is 0.0632. The van der Waals surface area contributed by atoms with Gasteiger partial charge < -0.3 is 11.1 Å². The molecule has 1 aromatic heterocycles. The normalized spacial score (nSPS) is 12.2. The summed E-state index contributed by atoms with van der Waals surface area (Å²) in [5.41, 5.74) is 5.79. The molecule has 1 rings (SSSR count). The van der Waals surface area contributed by atoms with Crippen molar-refractivity contribution in [3.63, 3.8) is 0 Å². The molecule has 0 aliphatic carbocycles. The van der Waals surface area contributed by atoms with Crippen LogP contribution in [0.1, 0.15) is 17.3 Å². The molecular weight excluding hydrogens is 202 g/mol. The molecule has 5 heteroatoms. The predicted molar refractivity (Wildman–Crippen MR) is 55.2 cm³/mol. The van der Waals surface area contributed by atoms with Crippen molar-refractivity contribution in [3.05, 3.63) is 29.0 Å². The van der Waals surface area contributed by atoms with Crippen molar-refractivity contribution >= 4 is 17.5 Å². The van der Waals surface area contributed by atoms with Crippen LogP contribution < -0.4 is 11.1 Å². The molecule has 0 fully saturated rings. The van der Waals surface area contributed by atoms with Crippen LogP contribution in [0.15, 0.2) is 18.5 Å². The lowest BCUT2D eigenvalue weighted by Crippen LogP contribution is -2.37. The molecule has 14 heavy (non-hydrogen) atoms. The fraction of sp³-hybridized carbons (Fsp3) is 0.333. The van der Waals surface area contributed by atoms with Crippen molar-refractivity contribution in [2.75, 3.05) is 6.54 Å². The Morgan fingerprint density at radius 1 is 1.79 bits per heavy atom. The van der Waals surface area contributed by atoms with Gasteiger partial charge in [0.25, 0.3) is 5.91 Å². The number of rotatable bonds is 3. The first-order chi connectivity index (χ1) is 6.65. The number of nitrogens with one attached hydrogen (secondary N) is 1. The number of aromatic nitrogens is 1. The van der Waals surface area contributed by atoms with Crippen LogP contribution in [0.3, 0.4) is 0 Å². The lowest BCUT2D eigenvalue weighted by Gasteiger charge is -2.11. The number of pyridine rings is 1. The van der Waals surface area contributed by atoms with Crippen LogP contribution in [-0.2, 0) is 0 Å². The smallest absolute Gasteiger partial charge is 0.253 e. The number of hydrogen-bond donors (Lipinski definition) is 2. The third-order valence-electron chi connectivity index (χ3n) is 1.75. The summed E-state index contributed by atoms with van der Waals surface area (Å²) >= 11 is 5.79. The van der Waals surface area contributed by atoms with Gasteiger partial charge in [-0.2, -0.15) is 0 Å². The van der Waals surface area contributed by atoms with Crippen molar-refractivity contribution in [3.8, 4) is 0 Å². The van der Waals surface area contributed by atoms with Crippen molar-refractivity contribution in [1.29, 1.82) is 0 Å². The van der Waals surface area contributed by atoms with Crippen LogP contribution in [0.5, 0.6) is 0 Å². The fourth-order valence-electron chi connectivity index (χ4n) is 0.920. The van der Waals surface area contributed by atoms with Crippen LogP contribution in [0.4, 0.5) is 0 Å². The molecule has 3 N–H and O–H groups in total. The van der Waals surface area contributed by atoms with E-state index in [-0.39, 0.29) is 11.9 Å². The van der Waals surface area contributed by atoms with E-state index >= 15 is 0 Å². The average molecular weight is 214 g/mol. The molecule has 0 aliphatic rings. The molecule has 0 aromatic carbocycles. The first kappa shape index (κ1) is 10.9. The van der Waals surface area contributed by atoms with Gasteiger partial charge in [0, 0.05) is 25.0 Å². The molecule has 0 saturated carbocycles. The van der Waals surface area contributed by atoms with Crippen molar-refractivity contribution < 1.29 is 4.79 Å². The lowest BCUT2D eigenvalue weighted by molar-refractivity contribution is 0.0941. The van der Waals surface area contributed by atoms with Crippen molar-refractivity contribution in [1.82, 2.24) is 10.3 Å². The van der Waals surface area contributed by atoms with Gasteiger partial charge in [-0.25, -0.2) is 0 Å². The maximum Gasteiger partial charge on any atom is 0.253 e. The molecule has 1 aromatic rings. The Balaban J connectivity index is 2.75. The SMILES string of the molecule is C[C@@H](CN)NC(=O)c1ccncc1Cl. The first-order valence-electron chi connectivity index (χ1n) is 4.25. The highest BCUT2D eigenvalue weighted by molar-refractivity contribution is 6.33. The minimum atomic E-state index is -0.227. The Bertz CT molecular complexity index is 330. The van der Waals surface area contributed by atoms with Gasteiger partial charge in [0.05, 0.1) is 10.6 Å². The summed E-state index contributed by atoms with van der Waals surface area (Å²) < 4.78 is 0. The molecule has 1 heterocycles. The van der Waals surface area contributed by atoms with Crippen LogP contribution >= 0.6 is 11.6 Å². The Labute approximate surface area is 87.5 Å². The van der Waals surface area contributed by atoms with Crippen LogP contribution in [0, 0.1) is 0 Å². The van der Waals surface area contributed by atoms with E-state index in [1.165, 1.54) is 12.4 Å². The first-order valence-corrected chi connectivity index (χ1v) is 4.63. The maximum absolute atomic E-state index is 11.6. The van der Waals surface area contributed by atoms with Gasteiger partial charge in [-0.1, -0.05) is 11.6 Å². The van der Waals surface area contributed by atoms with E-state index in [9.17, 15) is 4.79 Å². The Kier molecular flexibility index (Phi) is 3.85. The monoisotopic (exact) mass is 213 g/mol. The van der Waals surface area contributed by atoms with Crippen LogP contribution in [-0.4, -0.2) is 23.5 Å². The zero-order valence-corrected chi connectivity index (χ0v) is 8.58. The number of hydrogen-bond acceptors (Lipinski definition) is 3. The number of nitrogens with two attached hydrogens (primary N) is 1. The third-order valence-corrected chi connectivity index (χ3v) is 2.05. The minimum Gasteiger partial charge on any atom is -0.348 e. The summed E-state index contributed by atoms with van der Waals surface area (Å²) in [6.07, 6.45) is 2.96. The molecule has 0 bridgehead atoms. The van der Waals surface area contributed by atoms with Gasteiger partial charge >= 0.3 is 0 Å². The highest BCUT2D eigenvalue weighted by Crippen LogP contribution is 2.12. The molecule has 76 valence electrons. The average Bonchev–Trinajstić information content (AvgIpc) is 2.18. The van der Waals surface area contributed by atoms with Crippen LogP contribution in [0.25, 0.3) is 0 Å². The Morgan fingerprint density at radius 3 is 3.07 bits per heavy atom. The standard InChI is InChI=1S/C9H12ClN3O/c1-6(4-11)13-9(14)7-2-3-12-5-8(7)10/h2-3,5-6H,4,11H2,1H3,(H,13,14)/t6-/m0/s1.